The molecule has 1 aromatic heterocycles. The highest BCUT2D eigenvalue weighted by molar-refractivity contribution is 6.30. The molecule has 1 amide bonds. The molecule has 0 aliphatic carbocycles. The Morgan fingerprint density at radius 1 is 1.27 bits per heavy atom. The second kappa shape index (κ2) is 10.7. The van der Waals surface area contributed by atoms with Crippen molar-refractivity contribution in [2.75, 3.05) is 6.61 Å². The molecule has 0 bridgehead atoms. The van der Waals surface area contributed by atoms with E-state index in [1.807, 2.05) is 26.0 Å². The summed E-state index contributed by atoms with van der Waals surface area (Å²) in [7, 11) is 0. The molecule has 0 atom stereocenters. The first-order chi connectivity index (χ1) is 14.2. The number of nitrogens with one attached hydrogen (secondary N) is 1. The lowest BCUT2D eigenvalue weighted by Crippen LogP contribution is -2.28. The zero-order chi connectivity index (χ0) is 22.3. The zero-order valence-electron chi connectivity index (χ0n) is 17.7. The first kappa shape index (κ1) is 23.2. The van der Waals surface area contributed by atoms with Gasteiger partial charge in [-0.1, -0.05) is 37.6 Å². The van der Waals surface area contributed by atoms with Gasteiger partial charge >= 0.3 is 5.97 Å². The van der Waals surface area contributed by atoms with E-state index in [4.69, 9.17) is 16.3 Å². The second-order valence-electron chi connectivity index (χ2n) is 7.48. The summed E-state index contributed by atoms with van der Waals surface area (Å²) in [6.07, 6.45) is 1.51. The fourth-order valence-corrected chi connectivity index (χ4v) is 3.10. The lowest BCUT2D eigenvalue weighted by atomic mass is 10.1. The van der Waals surface area contributed by atoms with Crippen LogP contribution in [0.4, 0.5) is 0 Å². The monoisotopic (exact) mass is 427 g/mol. The third-order valence-electron chi connectivity index (χ3n) is 4.54. The van der Waals surface area contributed by atoms with Gasteiger partial charge in [0.2, 0.25) is 0 Å². The third-order valence-corrected chi connectivity index (χ3v) is 4.79. The highest BCUT2D eigenvalue weighted by Crippen LogP contribution is 2.20. The van der Waals surface area contributed by atoms with E-state index in [0.29, 0.717) is 10.9 Å². The number of carbonyl (C=O) groups is 2. The number of hydrogen-bond acceptors (Lipinski definition) is 4. The number of aromatic nitrogens is 1. The minimum Gasteiger partial charge on any atom is -0.451 e. The molecule has 2 rings (SSSR count). The van der Waals surface area contributed by atoms with Gasteiger partial charge in [0.25, 0.3) is 5.91 Å². The van der Waals surface area contributed by atoms with Crippen molar-refractivity contribution in [3.05, 3.63) is 63.4 Å². The zero-order valence-corrected chi connectivity index (χ0v) is 18.4. The topological polar surface area (TPSA) is 84.1 Å². The van der Waals surface area contributed by atoms with Gasteiger partial charge in [0.15, 0.2) is 6.61 Å². The quantitative estimate of drug-likeness (QED) is 0.389. The molecule has 0 aliphatic heterocycles. The summed E-state index contributed by atoms with van der Waals surface area (Å²) in [6.45, 7) is 8.88. The number of rotatable bonds is 8. The first-order valence-corrected chi connectivity index (χ1v) is 10.1. The summed E-state index contributed by atoms with van der Waals surface area (Å²) < 4.78 is 7.16. The standard InChI is InChI=1S/C23H26ClN3O3/c1-15(2)13-27-16(3)9-19(17(27)4)10-20(11-25)23(29)30-14-22(28)26-12-18-5-7-21(24)8-6-18/h5-10,15H,12-14H2,1-4H3,(H,26,28)/b20-10+. The number of ether oxygens (including phenoxy) is 1. The summed E-state index contributed by atoms with van der Waals surface area (Å²) in [5.74, 6) is -0.808. The van der Waals surface area contributed by atoms with Gasteiger partial charge in [-0.25, -0.2) is 4.79 Å². The summed E-state index contributed by atoms with van der Waals surface area (Å²) in [5, 5.41) is 12.6. The molecule has 30 heavy (non-hydrogen) atoms. The molecule has 7 heteroatoms. The van der Waals surface area contributed by atoms with E-state index in [9.17, 15) is 14.9 Å². The van der Waals surface area contributed by atoms with Crippen molar-refractivity contribution in [1.29, 1.82) is 5.26 Å². The van der Waals surface area contributed by atoms with Crippen LogP contribution in [0.1, 0.15) is 36.4 Å². The Kier molecular flexibility index (Phi) is 8.25. The number of carbonyl (C=O) groups excluding carboxylic acids is 2. The maximum Gasteiger partial charge on any atom is 0.349 e. The predicted octanol–water partition coefficient (Wildman–Crippen LogP) is 4.18. The van der Waals surface area contributed by atoms with Crippen LogP contribution in [0, 0.1) is 31.1 Å². The molecule has 0 spiro atoms. The average molecular weight is 428 g/mol. The van der Waals surface area contributed by atoms with Crippen molar-refractivity contribution < 1.29 is 14.3 Å². The number of aryl methyl sites for hydroxylation is 1. The smallest absolute Gasteiger partial charge is 0.349 e. The number of halogens is 1. The van der Waals surface area contributed by atoms with E-state index in [-0.39, 0.29) is 12.1 Å². The van der Waals surface area contributed by atoms with Crippen molar-refractivity contribution in [2.24, 2.45) is 5.92 Å². The van der Waals surface area contributed by atoms with Crippen molar-refractivity contribution in [3.63, 3.8) is 0 Å². The summed E-state index contributed by atoms with van der Waals surface area (Å²) in [5.41, 5.74) is 3.54. The Morgan fingerprint density at radius 2 is 1.93 bits per heavy atom. The van der Waals surface area contributed by atoms with E-state index in [1.165, 1.54) is 6.08 Å². The highest BCUT2D eigenvalue weighted by atomic mass is 35.5. The second-order valence-corrected chi connectivity index (χ2v) is 7.92. The van der Waals surface area contributed by atoms with Crippen LogP contribution in [-0.4, -0.2) is 23.1 Å². The molecule has 1 heterocycles. The molecule has 0 saturated carbocycles. The predicted molar refractivity (Wildman–Crippen MR) is 117 cm³/mol. The van der Waals surface area contributed by atoms with E-state index in [0.717, 1.165) is 29.1 Å². The largest absolute Gasteiger partial charge is 0.451 e. The molecule has 2 aromatic rings. The summed E-state index contributed by atoms with van der Waals surface area (Å²) in [4.78, 5) is 24.2. The van der Waals surface area contributed by atoms with Crippen molar-refractivity contribution in [2.45, 2.75) is 40.8 Å². The van der Waals surface area contributed by atoms with E-state index < -0.39 is 18.5 Å². The first-order valence-electron chi connectivity index (χ1n) is 9.68. The van der Waals surface area contributed by atoms with Gasteiger partial charge in [-0.15, -0.1) is 0 Å². The van der Waals surface area contributed by atoms with Crippen molar-refractivity contribution in [3.8, 4) is 6.07 Å². The SMILES string of the molecule is Cc1cc(/C=C(\C#N)C(=O)OCC(=O)NCc2ccc(Cl)cc2)c(C)n1CC(C)C. The molecule has 0 aliphatic rings. The van der Waals surface area contributed by atoms with Gasteiger partial charge in [0.1, 0.15) is 11.6 Å². The van der Waals surface area contributed by atoms with Gasteiger partial charge in [0, 0.05) is 29.5 Å². The fraction of sp³-hybridized carbons (Fsp3) is 0.348. The molecule has 6 nitrogen and oxygen atoms in total. The van der Waals surface area contributed by atoms with Gasteiger partial charge in [-0.3, -0.25) is 4.79 Å². The number of amides is 1. The third kappa shape index (κ3) is 6.50. The Morgan fingerprint density at radius 3 is 2.53 bits per heavy atom. The number of esters is 1. The minimum absolute atomic E-state index is 0.148. The van der Waals surface area contributed by atoms with Gasteiger partial charge < -0.3 is 14.6 Å². The van der Waals surface area contributed by atoms with Gasteiger partial charge in [0.05, 0.1) is 0 Å². The molecular weight excluding hydrogens is 402 g/mol. The molecular formula is C23H26ClN3O3. The molecule has 1 aromatic carbocycles. The summed E-state index contributed by atoms with van der Waals surface area (Å²) in [6, 6.07) is 10.8. The van der Waals surface area contributed by atoms with E-state index in [1.54, 1.807) is 24.3 Å². The van der Waals surface area contributed by atoms with Crippen LogP contribution in [0.2, 0.25) is 5.02 Å². The maximum absolute atomic E-state index is 12.3. The number of nitriles is 1. The van der Waals surface area contributed by atoms with Crippen LogP contribution in [-0.2, 0) is 27.4 Å². The lowest BCUT2D eigenvalue weighted by Gasteiger charge is -2.12. The number of benzene rings is 1. The Labute approximate surface area is 182 Å². The number of nitrogens with zero attached hydrogens (tertiary/aromatic N) is 2. The Hall–Kier alpha value is -3.04. The van der Waals surface area contributed by atoms with E-state index >= 15 is 0 Å². The molecule has 0 radical (unpaired) electrons. The lowest BCUT2D eigenvalue weighted by molar-refractivity contribution is -0.144. The maximum atomic E-state index is 12.3. The van der Waals surface area contributed by atoms with E-state index in [2.05, 4.69) is 23.7 Å². The molecule has 0 saturated heterocycles. The van der Waals surface area contributed by atoms with Crippen LogP contribution in [0.3, 0.4) is 0 Å². The molecule has 0 fully saturated rings. The molecule has 0 unspecified atom stereocenters. The normalized spacial score (nSPS) is 11.3. The van der Waals surface area contributed by atoms with Crippen LogP contribution < -0.4 is 5.32 Å². The van der Waals surface area contributed by atoms with Gasteiger partial charge in [-0.2, -0.15) is 5.26 Å². The molecule has 158 valence electrons. The van der Waals surface area contributed by atoms with Crippen LogP contribution in [0.5, 0.6) is 0 Å². The van der Waals surface area contributed by atoms with Crippen molar-refractivity contribution in [1.82, 2.24) is 9.88 Å². The van der Waals surface area contributed by atoms with Crippen molar-refractivity contribution >= 4 is 29.6 Å². The Balaban J connectivity index is 1.97. The summed E-state index contributed by atoms with van der Waals surface area (Å²) >= 11 is 5.82. The van der Waals surface area contributed by atoms with Crippen LogP contribution in [0.15, 0.2) is 35.9 Å². The minimum atomic E-state index is -0.826. The van der Waals surface area contributed by atoms with Crippen LogP contribution in [0.25, 0.3) is 6.08 Å². The number of hydrogen-bond donors (Lipinski definition) is 1. The fourth-order valence-electron chi connectivity index (χ4n) is 2.98. The highest BCUT2D eigenvalue weighted by Gasteiger charge is 2.16. The Bertz CT molecular complexity index is 982. The average Bonchev–Trinajstić information content (AvgIpc) is 2.96. The van der Waals surface area contributed by atoms with Gasteiger partial charge in [-0.05, 0) is 55.2 Å². The van der Waals surface area contributed by atoms with Crippen LogP contribution >= 0.6 is 11.6 Å². The molecule has 1 N–H and O–H groups in total.